The number of methoxy groups -OCH3 is 1. The highest BCUT2D eigenvalue weighted by atomic mass is 127. The Labute approximate surface area is 192 Å². The van der Waals surface area contributed by atoms with E-state index in [0.717, 1.165) is 17.4 Å². The van der Waals surface area contributed by atoms with Crippen molar-refractivity contribution in [3.63, 3.8) is 0 Å². The number of guanidine groups is 1. The van der Waals surface area contributed by atoms with Crippen molar-refractivity contribution in [2.24, 2.45) is 4.99 Å². The van der Waals surface area contributed by atoms with Gasteiger partial charge in [-0.15, -0.1) is 24.0 Å². The number of nitrogens with one attached hydrogen (secondary N) is 3. The SMILES string of the molecule is CN=C(NCCNS(=O)(=O)c1cccc([N+](=O)[O-])c1)NCc1cccc(OC)c1.I. The molecule has 0 aromatic heterocycles. The number of rotatable bonds is 9. The molecule has 0 unspecified atom stereocenters. The first-order chi connectivity index (χ1) is 13.9. The van der Waals surface area contributed by atoms with Crippen molar-refractivity contribution >= 4 is 45.6 Å². The van der Waals surface area contributed by atoms with Crippen LogP contribution in [0, 0.1) is 10.1 Å². The second-order valence-corrected chi connectivity index (χ2v) is 7.62. The van der Waals surface area contributed by atoms with E-state index in [1.54, 1.807) is 14.2 Å². The summed E-state index contributed by atoms with van der Waals surface area (Å²) >= 11 is 0. The number of benzene rings is 2. The summed E-state index contributed by atoms with van der Waals surface area (Å²) in [6, 6.07) is 12.5. The van der Waals surface area contributed by atoms with Gasteiger partial charge in [0.1, 0.15) is 5.75 Å². The summed E-state index contributed by atoms with van der Waals surface area (Å²) in [6.45, 7) is 0.854. The van der Waals surface area contributed by atoms with Crippen molar-refractivity contribution in [3.05, 3.63) is 64.2 Å². The molecule has 0 atom stereocenters. The second-order valence-electron chi connectivity index (χ2n) is 5.86. The summed E-state index contributed by atoms with van der Waals surface area (Å²) in [7, 11) is -0.648. The van der Waals surface area contributed by atoms with Crippen LogP contribution in [0.2, 0.25) is 0 Å². The Hall–Kier alpha value is -2.45. The van der Waals surface area contributed by atoms with Gasteiger partial charge >= 0.3 is 0 Å². The molecule has 0 aliphatic rings. The molecule has 3 N–H and O–H groups in total. The van der Waals surface area contributed by atoms with Gasteiger partial charge in [0.15, 0.2) is 5.96 Å². The average Bonchev–Trinajstić information content (AvgIpc) is 2.73. The number of sulfonamides is 1. The molecule has 0 bridgehead atoms. The zero-order valence-electron chi connectivity index (χ0n) is 16.5. The second kappa shape index (κ2) is 12.3. The summed E-state index contributed by atoms with van der Waals surface area (Å²) in [4.78, 5) is 14.1. The highest BCUT2D eigenvalue weighted by Gasteiger charge is 2.17. The monoisotopic (exact) mass is 549 g/mol. The Balaban J connectivity index is 0.00000450. The van der Waals surface area contributed by atoms with Crippen LogP contribution in [0.1, 0.15) is 5.56 Å². The molecular formula is C18H24IN5O5S. The molecule has 2 aromatic carbocycles. The van der Waals surface area contributed by atoms with Crippen LogP contribution in [0.25, 0.3) is 0 Å². The Morgan fingerprint density at radius 2 is 1.87 bits per heavy atom. The first-order valence-corrected chi connectivity index (χ1v) is 10.2. The number of non-ortho nitro benzene ring substituents is 1. The minimum atomic E-state index is -3.85. The lowest BCUT2D eigenvalue weighted by Crippen LogP contribution is -2.41. The van der Waals surface area contributed by atoms with Crippen LogP contribution in [-0.2, 0) is 16.6 Å². The normalized spacial score (nSPS) is 11.3. The van der Waals surface area contributed by atoms with Gasteiger partial charge in [0.05, 0.1) is 16.9 Å². The van der Waals surface area contributed by atoms with E-state index in [1.165, 1.54) is 18.2 Å². The summed E-state index contributed by atoms with van der Waals surface area (Å²) in [5.41, 5.74) is 0.715. The smallest absolute Gasteiger partial charge is 0.270 e. The standard InChI is InChI=1S/C18H23N5O5S.HI/c1-19-18(21-13-14-5-3-7-16(11-14)28-2)20-9-10-22-29(26,27)17-8-4-6-15(12-17)23(24)25;/h3-8,11-12,22H,9-10,13H2,1-2H3,(H2,19,20,21);1H. The molecule has 0 heterocycles. The summed E-state index contributed by atoms with van der Waals surface area (Å²) in [5.74, 6) is 1.25. The fraction of sp³-hybridized carbons (Fsp3) is 0.278. The van der Waals surface area contributed by atoms with E-state index in [-0.39, 0.29) is 47.6 Å². The molecule has 0 aliphatic carbocycles. The Morgan fingerprint density at radius 3 is 2.53 bits per heavy atom. The van der Waals surface area contributed by atoms with Gasteiger partial charge in [-0.2, -0.15) is 0 Å². The molecule has 2 aromatic rings. The van der Waals surface area contributed by atoms with Gasteiger partial charge in [-0.25, -0.2) is 13.1 Å². The number of nitro groups is 1. The Morgan fingerprint density at radius 1 is 1.13 bits per heavy atom. The fourth-order valence-corrected chi connectivity index (χ4v) is 3.47. The lowest BCUT2D eigenvalue weighted by molar-refractivity contribution is -0.385. The Bertz CT molecular complexity index is 984. The first kappa shape index (κ1) is 25.6. The molecule has 2 rings (SSSR count). The van der Waals surface area contributed by atoms with Crippen LogP contribution in [0.3, 0.4) is 0 Å². The predicted molar refractivity (Wildman–Crippen MR) is 125 cm³/mol. The van der Waals surface area contributed by atoms with Crippen molar-refractivity contribution in [2.75, 3.05) is 27.2 Å². The van der Waals surface area contributed by atoms with Crippen LogP contribution in [0.4, 0.5) is 5.69 Å². The predicted octanol–water partition coefficient (Wildman–Crippen LogP) is 1.86. The number of nitrogens with zero attached hydrogens (tertiary/aromatic N) is 2. The molecule has 30 heavy (non-hydrogen) atoms. The van der Waals surface area contributed by atoms with Gasteiger partial charge < -0.3 is 15.4 Å². The van der Waals surface area contributed by atoms with Crippen molar-refractivity contribution in [3.8, 4) is 5.75 Å². The van der Waals surface area contributed by atoms with Crippen LogP contribution in [-0.4, -0.2) is 46.5 Å². The summed E-state index contributed by atoms with van der Waals surface area (Å²) < 4.78 is 32.1. The van der Waals surface area contributed by atoms with E-state index in [2.05, 4.69) is 20.3 Å². The third kappa shape index (κ3) is 7.76. The third-order valence-electron chi connectivity index (χ3n) is 3.87. The van der Waals surface area contributed by atoms with Crippen LogP contribution < -0.4 is 20.1 Å². The molecule has 0 amide bonds. The van der Waals surface area contributed by atoms with E-state index < -0.39 is 14.9 Å². The van der Waals surface area contributed by atoms with Crippen molar-refractivity contribution in [2.45, 2.75) is 11.4 Å². The average molecular weight is 549 g/mol. The minimum Gasteiger partial charge on any atom is -0.497 e. The summed E-state index contributed by atoms with van der Waals surface area (Å²) in [6.07, 6.45) is 0. The molecule has 0 saturated heterocycles. The molecule has 10 nitrogen and oxygen atoms in total. The maximum absolute atomic E-state index is 12.3. The van der Waals surface area contributed by atoms with E-state index >= 15 is 0 Å². The van der Waals surface area contributed by atoms with Gasteiger partial charge in [-0.05, 0) is 23.8 Å². The molecule has 164 valence electrons. The minimum absolute atomic E-state index is 0. The molecule has 0 spiro atoms. The molecule has 0 radical (unpaired) electrons. The fourth-order valence-electron chi connectivity index (χ4n) is 2.40. The van der Waals surface area contributed by atoms with Gasteiger partial charge in [-0.1, -0.05) is 18.2 Å². The molecular weight excluding hydrogens is 525 g/mol. The van der Waals surface area contributed by atoms with Gasteiger partial charge in [0, 0.05) is 38.8 Å². The maximum Gasteiger partial charge on any atom is 0.270 e. The molecule has 0 aliphatic heterocycles. The van der Waals surface area contributed by atoms with E-state index in [9.17, 15) is 18.5 Å². The van der Waals surface area contributed by atoms with Crippen LogP contribution in [0.15, 0.2) is 58.4 Å². The molecule has 0 fully saturated rings. The summed E-state index contributed by atoms with van der Waals surface area (Å²) in [5, 5.41) is 16.9. The van der Waals surface area contributed by atoms with Crippen molar-refractivity contribution in [1.29, 1.82) is 0 Å². The topological polar surface area (TPSA) is 135 Å². The number of ether oxygens (including phenoxy) is 1. The number of hydrogen-bond acceptors (Lipinski definition) is 6. The molecule has 12 heteroatoms. The van der Waals surface area contributed by atoms with Gasteiger partial charge in [0.25, 0.3) is 5.69 Å². The largest absolute Gasteiger partial charge is 0.497 e. The van der Waals surface area contributed by atoms with E-state index in [1.807, 2.05) is 24.3 Å². The number of hydrogen-bond donors (Lipinski definition) is 3. The zero-order valence-corrected chi connectivity index (χ0v) is 19.6. The van der Waals surface area contributed by atoms with Gasteiger partial charge in [0.2, 0.25) is 10.0 Å². The van der Waals surface area contributed by atoms with Crippen molar-refractivity contribution < 1.29 is 18.1 Å². The van der Waals surface area contributed by atoms with Crippen molar-refractivity contribution in [1.82, 2.24) is 15.4 Å². The van der Waals surface area contributed by atoms with Crippen LogP contribution >= 0.6 is 24.0 Å². The highest BCUT2D eigenvalue weighted by molar-refractivity contribution is 14.0. The van der Waals surface area contributed by atoms with Gasteiger partial charge in [-0.3, -0.25) is 15.1 Å². The zero-order chi connectivity index (χ0) is 21.3. The Kier molecular flexibility index (Phi) is 10.5. The highest BCUT2D eigenvalue weighted by Crippen LogP contribution is 2.16. The van der Waals surface area contributed by atoms with Crippen LogP contribution in [0.5, 0.6) is 5.75 Å². The number of nitro benzene ring substituents is 1. The number of halogens is 1. The molecule has 0 saturated carbocycles. The first-order valence-electron chi connectivity index (χ1n) is 8.67. The van der Waals surface area contributed by atoms with E-state index in [0.29, 0.717) is 12.5 Å². The van der Waals surface area contributed by atoms with E-state index in [4.69, 9.17) is 4.74 Å². The maximum atomic E-state index is 12.3. The lowest BCUT2D eigenvalue weighted by atomic mass is 10.2. The third-order valence-corrected chi connectivity index (χ3v) is 5.32. The lowest BCUT2D eigenvalue weighted by Gasteiger charge is -2.13. The quantitative estimate of drug-likeness (QED) is 0.109. The number of aliphatic imine (C=N–C) groups is 1.